The fourth-order valence-electron chi connectivity index (χ4n) is 2.30. The summed E-state index contributed by atoms with van der Waals surface area (Å²) in [5.41, 5.74) is 1.22. The molecule has 7 nitrogen and oxygen atoms in total. The molecular formula is C17H16ClN3O4S. The first-order valence-electron chi connectivity index (χ1n) is 7.62. The molecule has 0 atom stereocenters. The fraction of sp³-hybridized carbons (Fsp3) is 0.176. The largest absolute Gasteiger partial charge is 0.496 e. The Labute approximate surface area is 156 Å². The maximum absolute atomic E-state index is 12.6. The molecule has 1 aromatic heterocycles. The van der Waals surface area contributed by atoms with Crippen LogP contribution in [-0.2, 0) is 16.6 Å². The van der Waals surface area contributed by atoms with Crippen LogP contribution >= 0.6 is 11.6 Å². The number of hydrogen-bond acceptors (Lipinski definition) is 6. The van der Waals surface area contributed by atoms with Gasteiger partial charge in [0.2, 0.25) is 21.7 Å². The third-order valence-corrected chi connectivity index (χ3v) is 5.28. The van der Waals surface area contributed by atoms with Crippen molar-refractivity contribution in [3.63, 3.8) is 0 Å². The van der Waals surface area contributed by atoms with Gasteiger partial charge in [0.1, 0.15) is 5.75 Å². The van der Waals surface area contributed by atoms with E-state index in [9.17, 15) is 8.42 Å². The number of rotatable bonds is 6. The standard InChI is InChI=1S/C17H16ClN3O4S/c1-11-20-17(21-25-11)15-9-14(7-8-16(15)24-2)26(22,23)19-10-12-3-5-13(18)6-4-12/h3-9,19H,10H2,1-2H3. The van der Waals surface area contributed by atoms with Gasteiger partial charge in [0, 0.05) is 18.5 Å². The van der Waals surface area contributed by atoms with Gasteiger partial charge in [-0.25, -0.2) is 13.1 Å². The molecule has 0 aliphatic carbocycles. The predicted octanol–water partition coefficient (Wildman–Crippen LogP) is 3.19. The van der Waals surface area contributed by atoms with E-state index in [-0.39, 0.29) is 17.3 Å². The van der Waals surface area contributed by atoms with E-state index in [1.165, 1.54) is 19.2 Å². The topological polar surface area (TPSA) is 94.3 Å². The quantitative estimate of drug-likeness (QED) is 0.691. The lowest BCUT2D eigenvalue weighted by molar-refractivity contribution is 0.392. The smallest absolute Gasteiger partial charge is 0.240 e. The molecule has 2 aromatic carbocycles. The monoisotopic (exact) mass is 393 g/mol. The number of ether oxygens (including phenoxy) is 1. The molecule has 0 unspecified atom stereocenters. The van der Waals surface area contributed by atoms with Crippen molar-refractivity contribution in [2.45, 2.75) is 18.4 Å². The third kappa shape index (κ3) is 4.04. The molecule has 26 heavy (non-hydrogen) atoms. The summed E-state index contributed by atoms with van der Waals surface area (Å²) >= 11 is 5.83. The van der Waals surface area contributed by atoms with Gasteiger partial charge >= 0.3 is 0 Å². The van der Waals surface area contributed by atoms with Crippen LogP contribution in [0.25, 0.3) is 11.4 Å². The van der Waals surface area contributed by atoms with E-state index in [1.807, 2.05) is 0 Å². The van der Waals surface area contributed by atoms with Crippen LogP contribution in [0.2, 0.25) is 5.02 Å². The average molecular weight is 394 g/mol. The highest BCUT2D eigenvalue weighted by molar-refractivity contribution is 7.89. The Hall–Kier alpha value is -2.42. The molecule has 0 spiro atoms. The molecule has 0 aliphatic heterocycles. The van der Waals surface area contributed by atoms with E-state index in [0.29, 0.717) is 22.2 Å². The first-order chi connectivity index (χ1) is 12.4. The van der Waals surface area contributed by atoms with Gasteiger partial charge in [-0.1, -0.05) is 28.9 Å². The third-order valence-electron chi connectivity index (χ3n) is 3.63. The molecule has 0 radical (unpaired) electrons. The van der Waals surface area contributed by atoms with Crippen LogP contribution in [0.15, 0.2) is 51.9 Å². The lowest BCUT2D eigenvalue weighted by Crippen LogP contribution is -2.23. The number of nitrogens with one attached hydrogen (secondary N) is 1. The summed E-state index contributed by atoms with van der Waals surface area (Å²) < 4.78 is 38.0. The number of aromatic nitrogens is 2. The lowest BCUT2D eigenvalue weighted by atomic mass is 10.2. The number of nitrogens with zero attached hydrogens (tertiary/aromatic N) is 2. The summed E-state index contributed by atoms with van der Waals surface area (Å²) in [6, 6.07) is 11.4. The van der Waals surface area contributed by atoms with Crippen LogP contribution in [-0.4, -0.2) is 25.7 Å². The highest BCUT2D eigenvalue weighted by Gasteiger charge is 2.19. The Morgan fingerprint density at radius 1 is 1.19 bits per heavy atom. The number of hydrogen-bond donors (Lipinski definition) is 1. The maximum Gasteiger partial charge on any atom is 0.240 e. The van der Waals surface area contributed by atoms with E-state index < -0.39 is 10.0 Å². The molecule has 0 amide bonds. The molecule has 136 valence electrons. The minimum absolute atomic E-state index is 0.0738. The Balaban J connectivity index is 1.88. The molecule has 0 saturated carbocycles. The molecule has 0 bridgehead atoms. The van der Waals surface area contributed by atoms with E-state index in [1.54, 1.807) is 37.3 Å². The predicted molar refractivity (Wildman–Crippen MR) is 96.5 cm³/mol. The summed E-state index contributed by atoms with van der Waals surface area (Å²) in [7, 11) is -2.26. The summed E-state index contributed by atoms with van der Waals surface area (Å²) in [5, 5.41) is 4.42. The van der Waals surface area contributed by atoms with Gasteiger partial charge in [-0.3, -0.25) is 0 Å². The lowest BCUT2D eigenvalue weighted by Gasteiger charge is -2.10. The zero-order valence-corrected chi connectivity index (χ0v) is 15.6. The first kappa shape index (κ1) is 18.4. The van der Waals surface area contributed by atoms with Crippen molar-refractivity contribution in [1.29, 1.82) is 0 Å². The van der Waals surface area contributed by atoms with Crippen molar-refractivity contribution in [2.24, 2.45) is 0 Å². The van der Waals surface area contributed by atoms with Crippen molar-refractivity contribution in [2.75, 3.05) is 7.11 Å². The van der Waals surface area contributed by atoms with Crippen molar-refractivity contribution >= 4 is 21.6 Å². The molecule has 1 heterocycles. The van der Waals surface area contributed by atoms with Crippen LogP contribution < -0.4 is 9.46 Å². The molecule has 9 heteroatoms. The highest BCUT2D eigenvalue weighted by Crippen LogP contribution is 2.30. The number of aryl methyl sites for hydroxylation is 1. The normalized spacial score (nSPS) is 11.5. The second-order valence-corrected chi connectivity index (χ2v) is 7.65. The molecular weight excluding hydrogens is 378 g/mol. The Morgan fingerprint density at radius 3 is 2.54 bits per heavy atom. The van der Waals surface area contributed by atoms with Gasteiger partial charge in [-0.2, -0.15) is 4.98 Å². The summed E-state index contributed by atoms with van der Waals surface area (Å²) in [6.07, 6.45) is 0. The highest BCUT2D eigenvalue weighted by atomic mass is 35.5. The van der Waals surface area contributed by atoms with Crippen LogP contribution in [0.1, 0.15) is 11.5 Å². The zero-order chi connectivity index (χ0) is 18.7. The molecule has 0 saturated heterocycles. The fourth-order valence-corrected chi connectivity index (χ4v) is 3.47. The summed E-state index contributed by atoms with van der Waals surface area (Å²) in [4.78, 5) is 4.20. The van der Waals surface area contributed by atoms with Crippen LogP contribution in [0.4, 0.5) is 0 Å². The van der Waals surface area contributed by atoms with Crippen molar-refractivity contribution in [1.82, 2.24) is 14.9 Å². The SMILES string of the molecule is COc1ccc(S(=O)(=O)NCc2ccc(Cl)cc2)cc1-c1noc(C)n1. The van der Waals surface area contributed by atoms with Gasteiger partial charge < -0.3 is 9.26 Å². The van der Waals surface area contributed by atoms with Gasteiger partial charge in [0.25, 0.3) is 0 Å². The molecule has 1 N–H and O–H groups in total. The Morgan fingerprint density at radius 2 is 1.92 bits per heavy atom. The second-order valence-electron chi connectivity index (χ2n) is 5.45. The van der Waals surface area contributed by atoms with Crippen molar-refractivity contribution < 1.29 is 17.7 Å². The van der Waals surface area contributed by atoms with E-state index >= 15 is 0 Å². The Kier molecular flexibility index (Phi) is 5.26. The summed E-state index contributed by atoms with van der Waals surface area (Å²) in [5.74, 6) is 1.08. The van der Waals surface area contributed by atoms with E-state index in [0.717, 1.165) is 5.56 Å². The number of benzene rings is 2. The Bertz CT molecular complexity index is 1020. The van der Waals surface area contributed by atoms with Crippen molar-refractivity contribution in [3.8, 4) is 17.1 Å². The first-order valence-corrected chi connectivity index (χ1v) is 9.48. The van der Waals surface area contributed by atoms with Crippen LogP contribution in [0, 0.1) is 6.92 Å². The minimum atomic E-state index is -3.74. The maximum atomic E-state index is 12.6. The molecule has 0 fully saturated rings. The average Bonchev–Trinajstić information content (AvgIpc) is 3.07. The number of sulfonamides is 1. The number of methoxy groups -OCH3 is 1. The zero-order valence-electron chi connectivity index (χ0n) is 14.1. The van der Waals surface area contributed by atoms with Crippen LogP contribution in [0.5, 0.6) is 5.75 Å². The van der Waals surface area contributed by atoms with E-state index in [2.05, 4.69) is 14.9 Å². The van der Waals surface area contributed by atoms with Crippen LogP contribution in [0.3, 0.4) is 0 Å². The minimum Gasteiger partial charge on any atom is -0.496 e. The summed E-state index contributed by atoms with van der Waals surface area (Å²) in [6.45, 7) is 1.79. The van der Waals surface area contributed by atoms with Gasteiger partial charge in [0.05, 0.1) is 17.6 Å². The molecule has 0 aliphatic rings. The number of halogens is 1. The van der Waals surface area contributed by atoms with E-state index in [4.69, 9.17) is 20.9 Å². The van der Waals surface area contributed by atoms with Crippen molar-refractivity contribution in [3.05, 3.63) is 58.9 Å². The van der Waals surface area contributed by atoms with Gasteiger partial charge in [-0.15, -0.1) is 0 Å². The van der Waals surface area contributed by atoms with Gasteiger partial charge in [0.15, 0.2) is 0 Å². The molecule has 3 rings (SSSR count). The second kappa shape index (κ2) is 7.45. The molecule has 3 aromatic rings. The van der Waals surface area contributed by atoms with Gasteiger partial charge in [-0.05, 0) is 35.9 Å².